The molecule has 1 saturated heterocycles. The number of piperazine rings is 1. The van der Waals surface area contributed by atoms with Crippen molar-refractivity contribution in [2.75, 3.05) is 31.1 Å². The standard InChI is InChI=1S/C20H18FN9O/c21-15-3-1-14(2-4-15)16-11-17(25-24-16)20(31)29-9-7-28(8-10-29)18-5-6-19(27-26-18)30-13-22-12-23-30/h1-6,11-13H,7-10H2,(H,24,25). The number of carbonyl (C=O) groups is 1. The van der Waals surface area contributed by atoms with E-state index in [1.54, 1.807) is 29.4 Å². The van der Waals surface area contributed by atoms with Gasteiger partial charge in [0.15, 0.2) is 11.6 Å². The number of aromatic amines is 1. The third-order valence-corrected chi connectivity index (χ3v) is 5.13. The Hall–Kier alpha value is -4.15. The second-order valence-corrected chi connectivity index (χ2v) is 7.04. The second-order valence-electron chi connectivity index (χ2n) is 7.04. The lowest BCUT2D eigenvalue weighted by atomic mass is 10.1. The van der Waals surface area contributed by atoms with E-state index in [0.717, 1.165) is 11.4 Å². The van der Waals surface area contributed by atoms with Gasteiger partial charge in [0, 0.05) is 31.7 Å². The molecule has 0 unspecified atom stereocenters. The quantitative estimate of drug-likeness (QED) is 0.535. The fraction of sp³-hybridized carbons (Fsp3) is 0.200. The maximum atomic E-state index is 13.1. The molecular weight excluding hydrogens is 401 g/mol. The summed E-state index contributed by atoms with van der Waals surface area (Å²) in [6.45, 7) is 2.39. The number of halogens is 1. The molecule has 0 saturated carbocycles. The second kappa shape index (κ2) is 7.94. The summed E-state index contributed by atoms with van der Waals surface area (Å²) in [4.78, 5) is 20.6. The zero-order valence-corrected chi connectivity index (χ0v) is 16.4. The number of benzene rings is 1. The number of hydrogen-bond acceptors (Lipinski definition) is 7. The molecule has 0 atom stereocenters. The van der Waals surface area contributed by atoms with E-state index in [2.05, 4.69) is 35.4 Å². The van der Waals surface area contributed by atoms with E-state index in [0.29, 0.717) is 43.4 Å². The first-order valence-corrected chi connectivity index (χ1v) is 9.72. The Morgan fingerprint density at radius 2 is 1.71 bits per heavy atom. The van der Waals surface area contributed by atoms with Crippen LogP contribution in [0, 0.1) is 5.82 Å². The molecule has 156 valence electrons. The largest absolute Gasteiger partial charge is 0.352 e. The van der Waals surface area contributed by atoms with Gasteiger partial charge in [-0.15, -0.1) is 10.2 Å². The van der Waals surface area contributed by atoms with E-state index in [1.165, 1.54) is 23.1 Å². The highest BCUT2D eigenvalue weighted by Crippen LogP contribution is 2.20. The van der Waals surface area contributed by atoms with Gasteiger partial charge in [0.2, 0.25) is 0 Å². The molecule has 1 aliphatic heterocycles. The van der Waals surface area contributed by atoms with Crippen molar-refractivity contribution in [2.24, 2.45) is 0 Å². The Bertz CT molecular complexity index is 1160. The highest BCUT2D eigenvalue weighted by Gasteiger charge is 2.24. The summed E-state index contributed by atoms with van der Waals surface area (Å²) in [5, 5.41) is 19.5. The first-order valence-electron chi connectivity index (χ1n) is 9.72. The molecule has 0 bridgehead atoms. The van der Waals surface area contributed by atoms with Gasteiger partial charge in [-0.05, 0) is 42.5 Å². The van der Waals surface area contributed by atoms with Gasteiger partial charge in [0.25, 0.3) is 5.91 Å². The predicted molar refractivity (Wildman–Crippen MR) is 109 cm³/mol. The number of rotatable bonds is 4. The molecule has 0 aliphatic carbocycles. The van der Waals surface area contributed by atoms with Crippen LogP contribution in [0.5, 0.6) is 0 Å². The van der Waals surface area contributed by atoms with Crippen molar-refractivity contribution in [3.8, 4) is 17.1 Å². The van der Waals surface area contributed by atoms with Crippen molar-refractivity contribution in [2.45, 2.75) is 0 Å². The summed E-state index contributed by atoms with van der Waals surface area (Å²) in [7, 11) is 0. The fourth-order valence-electron chi connectivity index (χ4n) is 3.44. The highest BCUT2D eigenvalue weighted by atomic mass is 19.1. The van der Waals surface area contributed by atoms with Crippen molar-refractivity contribution in [3.63, 3.8) is 0 Å². The fourth-order valence-corrected chi connectivity index (χ4v) is 3.44. The van der Waals surface area contributed by atoms with Crippen molar-refractivity contribution in [1.82, 2.24) is 40.1 Å². The molecule has 0 radical (unpaired) electrons. The molecule has 4 heterocycles. The minimum atomic E-state index is -0.314. The number of amides is 1. The van der Waals surface area contributed by atoms with Gasteiger partial charge in [-0.2, -0.15) is 10.2 Å². The van der Waals surface area contributed by atoms with Gasteiger partial charge in [0.1, 0.15) is 24.2 Å². The number of nitrogens with one attached hydrogen (secondary N) is 1. The molecule has 1 fully saturated rings. The van der Waals surface area contributed by atoms with E-state index >= 15 is 0 Å². The number of carbonyl (C=O) groups excluding carboxylic acids is 1. The number of hydrogen-bond donors (Lipinski definition) is 1. The van der Waals surface area contributed by atoms with Crippen LogP contribution in [0.4, 0.5) is 10.2 Å². The Morgan fingerprint density at radius 3 is 2.39 bits per heavy atom. The van der Waals surface area contributed by atoms with E-state index in [4.69, 9.17) is 0 Å². The minimum Gasteiger partial charge on any atom is -0.352 e. The molecule has 0 spiro atoms. The number of anilines is 1. The van der Waals surface area contributed by atoms with Crippen LogP contribution in [-0.4, -0.2) is 72.1 Å². The maximum absolute atomic E-state index is 13.1. The van der Waals surface area contributed by atoms with Gasteiger partial charge < -0.3 is 9.80 Å². The van der Waals surface area contributed by atoms with Crippen LogP contribution in [0.25, 0.3) is 17.1 Å². The van der Waals surface area contributed by atoms with E-state index < -0.39 is 0 Å². The molecule has 1 aromatic carbocycles. The zero-order valence-electron chi connectivity index (χ0n) is 16.4. The van der Waals surface area contributed by atoms with Crippen LogP contribution < -0.4 is 4.90 Å². The molecule has 1 N–H and O–H groups in total. The lowest BCUT2D eigenvalue weighted by Crippen LogP contribution is -2.49. The Kier molecular flexibility index (Phi) is 4.83. The average molecular weight is 419 g/mol. The summed E-state index contributed by atoms with van der Waals surface area (Å²) in [5.74, 6) is 0.904. The third kappa shape index (κ3) is 3.84. The topological polar surface area (TPSA) is 109 Å². The first-order chi connectivity index (χ1) is 15.2. The SMILES string of the molecule is O=C(c1cc(-c2ccc(F)cc2)n[nH]1)N1CCN(c2ccc(-n3cncn3)nn2)CC1. The van der Waals surface area contributed by atoms with Crippen LogP contribution in [-0.2, 0) is 0 Å². The van der Waals surface area contributed by atoms with Crippen LogP contribution in [0.2, 0.25) is 0 Å². The highest BCUT2D eigenvalue weighted by molar-refractivity contribution is 5.93. The van der Waals surface area contributed by atoms with Gasteiger partial charge in [0.05, 0.1) is 5.69 Å². The van der Waals surface area contributed by atoms with Crippen molar-refractivity contribution < 1.29 is 9.18 Å². The van der Waals surface area contributed by atoms with Crippen LogP contribution in [0.3, 0.4) is 0 Å². The third-order valence-electron chi connectivity index (χ3n) is 5.13. The summed E-state index contributed by atoms with van der Waals surface area (Å²) in [6.07, 6.45) is 3.00. The Balaban J connectivity index is 1.21. The van der Waals surface area contributed by atoms with E-state index in [-0.39, 0.29) is 11.7 Å². The predicted octanol–water partition coefficient (Wildman–Crippen LogP) is 1.55. The average Bonchev–Trinajstić information content (AvgIpc) is 3.52. The smallest absolute Gasteiger partial charge is 0.272 e. The Labute approximate surface area is 176 Å². The lowest BCUT2D eigenvalue weighted by molar-refractivity contribution is 0.0740. The van der Waals surface area contributed by atoms with Crippen molar-refractivity contribution >= 4 is 11.7 Å². The molecule has 4 aromatic rings. The van der Waals surface area contributed by atoms with Gasteiger partial charge in [-0.1, -0.05) is 0 Å². The number of H-pyrrole nitrogens is 1. The Morgan fingerprint density at radius 1 is 0.968 bits per heavy atom. The van der Waals surface area contributed by atoms with Gasteiger partial charge in [-0.3, -0.25) is 9.89 Å². The minimum absolute atomic E-state index is 0.117. The summed E-state index contributed by atoms with van der Waals surface area (Å²) >= 11 is 0. The molecule has 11 heteroatoms. The number of aromatic nitrogens is 7. The normalized spacial score (nSPS) is 14.1. The van der Waals surface area contributed by atoms with Gasteiger partial charge in [-0.25, -0.2) is 14.1 Å². The van der Waals surface area contributed by atoms with Crippen molar-refractivity contribution in [3.05, 3.63) is 66.6 Å². The molecule has 3 aromatic heterocycles. The zero-order chi connectivity index (χ0) is 21.2. The molecule has 5 rings (SSSR count). The first kappa shape index (κ1) is 18.9. The molecule has 10 nitrogen and oxygen atoms in total. The van der Waals surface area contributed by atoms with Crippen LogP contribution in [0.15, 0.2) is 55.1 Å². The molecule has 1 amide bonds. The van der Waals surface area contributed by atoms with Gasteiger partial charge >= 0.3 is 0 Å². The maximum Gasteiger partial charge on any atom is 0.272 e. The lowest BCUT2D eigenvalue weighted by Gasteiger charge is -2.34. The summed E-state index contributed by atoms with van der Waals surface area (Å²) in [5.41, 5.74) is 1.75. The summed E-state index contributed by atoms with van der Waals surface area (Å²) in [6, 6.07) is 11.4. The molecule has 1 aliphatic rings. The summed E-state index contributed by atoms with van der Waals surface area (Å²) < 4.78 is 14.6. The van der Waals surface area contributed by atoms with Crippen LogP contribution >= 0.6 is 0 Å². The van der Waals surface area contributed by atoms with Crippen LogP contribution in [0.1, 0.15) is 10.5 Å². The van der Waals surface area contributed by atoms with E-state index in [1.807, 2.05) is 12.1 Å². The molecule has 31 heavy (non-hydrogen) atoms. The molecular formula is C20H18FN9O. The number of nitrogens with zero attached hydrogens (tertiary/aromatic N) is 8. The monoisotopic (exact) mass is 419 g/mol. The van der Waals surface area contributed by atoms with E-state index in [9.17, 15) is 9.18 Å². The van der Waals surface area contributed by atoms with Crippen molar-refractivity contribution in [1.29, 1.82) is 0 Å².